The third-order valence-electron chi connectivity index (χ3n) is 4.06. The molecule has 1 atom stereocenters. The van der Waals surface area contributed by atoms with Crippen LogP contribution in [0.1, 0.15) is 29.7 Å². The van der Waals surface area contributed by atoms with Gasteiger partial charge in [0.05, 0.1) is 17.5 Å². The molecule has 1 N–H and O–H groups in total. The first kappa shape index (κ1) is 16.8. The van der Waals surface area contributed by atoms with E-state index in [1.165, 1.54) is 0 Å². The number of nitrogens with one attached hydrogen (secondary N) is 1. The van der Waals surface area contributed by atoms with Crippen molar-refractivity contribution in [1.82, 2.24) is 4.72 Å². The molecule has 6 heteroatoms. The summed E-state index contributed by atoms with van der Waals surface area (Å²) in [5.41, 5.74) is 2.32. The minimum atomic E-state index is -3.66. The van der Waals surface area contributed by atoms with Gasteiger partial charge in [-0.1, -0.05) is 18.2 Å². The second-order valence-corrected chi connectivity index (χ2v) is 7.52. The lowest BCUT2D eigenvalue weighted by Crippen LogP contribution is -2.30. The Labute approximate surface area is 142 Å². The van der Waals surface area contributed by atoms with Crippen LogP contribution in [0.4, 0.5) is 0 Å². The zero-order chi connectivity index (χ0) is 17.3. The minimum absolute atomic E-state index is 0.271. The summed E-state index contributed by atoms with van der Waals surface area (Å²) in [6, 6.07) is 10.5. The lowest BCUT2D eigenvalue weighted by atomic mass is 10.1. The highest BCUT2D eigenvalue weighted by Crippen LogP contribution is 2.33. The maximum atomic E-state index is 12.8. The first-order valence-electron chi connectivity index (χ1n) is 7.90. The summed E-state index contributed by atoms with van der Waals surface area (Å²) in [5.74, 6) is 1.44. The van der Waals surface area contributed by atoms with Crippen molar-refractivity contribution >= 4 is 10.0 Å². The van der Waals surface area contributed by atoms with E-state index in [-0.39, 0.29) is 10.9 Å². The Morgan fingerprint density at radius 3 is 2.71 bits per heavy atom. The summed E-state index contributed by atoms with van der Waals surface area (Å²) in [5, 5.41) is 0. The molecule has 0 saturated carbocycles. The lowest BCUT2D eigenvalue weighted by Gasteiger charge is -2.16. The SMILES string of the molecule is CCOc1cc(C)c(S(=O)(=O)NC2COc3ccccc32)cc1C. The number of rotatable bonds is 5. The van der Waals surface area contributed by atoms with E-state index in [4.69, 9.17) is 9.47 Å². The van der Waals surface area contributed by atoms with Crippen molar-refractivity contribution < 1.29 is 17.9 Å². The van der Waals surface area contributed by atoms with Crippen LogP contribution in [0.3, 0.4) is 0 Å². The fourth-order valence-corrected chi connectivity index (χ4v) is 4.39. The van der Waals surface area contributed by atoms with Gasteiger partial charge in [-0.15, -0.1) is 0 Å². The molecule has 2 aromatic rings. The average molecular weight is 347 g/mol. The number of fused-ring (bicyclic) bond motifs is 1. The Hall–Kier alpha value is -2.05. The second kappa shape index (κ2) is 6.45. The standard InChI is InChI=1S/C18H21NO4S/c1-4-22-17-9-13(3)18(10-12(17)2)24(20,21)19-15-11-23-16-8-6-5-7-14(15)16/h5-10,15,19H,4,11H2,1-3H3. The van der Waals surface area contributed by atoms with E-state index in [2.05, 4.69) is 4.72 Å². The summed E-state index contributed by atoms with van der Waals surface area (Å²) in [4.78, 5) is 0.271. The summed E-state index contributed by atoms with van der Waals surface area (Å²) < 4.78 is 39.5. The number of ether oxygens (including phenoxy) is 2. The van der Waals surface area contributed by atoms with Crippen LogP contribution in [0.15, 0.2) is 41.3 Å². The molecule has 0 amide bonds. The van der Waals surface area contributed by atoms with Crippen molar-refractivity contribution in [2.45, 2.75) is 31.7 Å². The molecule has 1 aliphatic rings. The van der Waals surface area contributed by atoms with Gasteiger partial charge in [-0.2, -0.15) is 0 Å². The molecule has 0 bridgehead atoms. The predicted molar refractivity (Wildman–Crippen MR) is 92.1 cm³/mol. The molecule has 0 spiro atoms. The molecule has 1 aliphatic heterocycles. The first-order chi connectivity index (χ1) is 11.4. The minimum Gasteiger partial charge on any atom is -0.494 e. The zero-order valence-corrected chi connectivity index (χ0v) is 14.8. The quantitative estimate of drug-likeness (QED) is 0.902. The smallest absolute Gasteiger partial charge is 0.241 e. The van der Waals surface area contributed by atoms with Crippen molar-refractivity contribution in [2.75, 3.05) is 13.2 Å². The van der Waals surface area contributed by atoms with Gasteiger partial charge in [0.25, 0.3) is 0 Å². The normalized spacial score (nSPS) is 16.5. The maximum absolute atomic E-state index is 12.8. The molecule has 1 unspecified atom stereocenters. The molecule has 3 rings (SSSR count). The number of para-hydroxylation sites is 1. The first-order valence-corrected chi connectivity index (χ1v) is 9.39. The Morgan fingerprint density at radius 2 is 1.96 bits per heavy atom. The second-order valence-electron chi connectivity index (χ2n) is 5.84. The summed E-state index contributed by atoms with van der Waals surface area (Å²) in [6.45, 7) is 6.36. The number of hydrogen-bond donors (Lipinski definition) is 1. The van der Waals surface area contributed by atoms with Gasteiger partial charge in [0.1, 0.15) is 18.1 Å². The van der Waals surface area contributed by atoms with Crippen LogP contribution in [0.2, 0.25) is 0 Å². The van der Waals surface area contributed by atoms with Gasteiger partial charge in [-0.05, 0) is 50.1 Å². The number of hydrogen-bond acceptors (Lipinski definition) is 4. The Bertz CT molecular complexity index is 861. The monoisotopic (exact) mass is 347 g/mol. The largest absolute Gasteiger partial charge is 0.494 e. The Morgan fingerprint density at radius 1 is 1.21 bits per heavy atom. The summed E-state index contributed by atoms with van der Waals surface area (Å²) in [7, 11) is -3.66. The zero-order valence-electron chi connectivity index (χ0n) is 14.0. The van der Waals surface area contributed by atoms with Crippen LogP contribution in [-0.4, -0.2) is 21.6 Å². The van der Waals surface area contributed by atoms with E-state index in [0.717, 1.165) is 16.9 Å². The number of sulfonamides is 1. The van der Waals surface area contributed by atoms with E-state index in [0.29, 0.717) is 24.5 Å². The van der Waals surface area contributed by atoms with E-state index < -0.39 is 10.0 Å². The summed E-state index contributed by atoms with van der Waals surface area (Å²) in [6.07, 6.45) is 0. The average Bonchev–Trinajstić information content (AvgIpc) is 2.93. The lowest BCUT2D eigenvalue weighted by molar-refractivity contribution is 0.325. The molecular formula is C18H21NO4S. The molecular weight excluding hydrogens is 326 g/mol. The van der Waals surface area contributed by atoms with Gasteiger partial charge >= 0.3 is 0 Å². The van der Waals surface area contributed by atoms with Crippen molar-refractivity contribution in [3.05, 3.63) is 53.1 Å². The number of benzene rings is 2. The van der Waals surface area contributed by atoms with Crippen LogP contribution >= 0.6 is 0 Å². The molecule has 0 saturated heterocycles. The van der Waals surface area contributed by atoms with E-state index in [9.17, 15) is 8.42 Å². The highest BCUT2D eigenvalue weighted by atomic mass is 32.2. The molecule has 0 fully saturated rings. The molecule has 0 radical (unpaired) electrons. The molecule has 1 heterocycles. The third kappa shape index (κ3) is 3.12. The molecule has 24 heavy (non-hydrogen) atoms. The van der Waals surface area contributed by atoms with Crippen LogP contribution < -0.4 is 14.2 Å². The van der Waals surface area contributed by atoms with Crippen LogP contribution in [-0.2, 0) is 10.0 Å². The fraction of sp³-hybridized carbons (Fsp3) is 0.333. The molecule has 2 aromatic carbocycles. The van der Waals surface area contributed by atoms with Gasteiger partial charge in [0.15, 0.2) is 0 Å². The van der Waals surface area contributed by atoms with Crippen LogP contribution in [0, 0.1) is 13.8 Å². The molecule has 0 aromatic heterocycles. The van der Waals surface area contributed by atoms with Crippen molar-refractivity contribution in [1.29, 1.82) is 0 Å². The Kier molecular flexibility index (Phi) is 4.51. The van der Waals surface area contributed by atoms with Crippen molar-refractivity contribution in [3.63, 3.8) is 0 Å². The number of aryl methyl sites for hydroxylation is 2. The maximum Gasteiger partial charge on any atom is 0.241 e. The molecule has 128 valence electrons. The van der Waals surface area contributed by atoms with E-state index in [1.807, 2.05) is 38.1 Å². The summed E-state index contributed by atoms with van der Waals surface area (Å²) >= 11 is 0. The van der Waals surface area contributed by atoms with E-state index >= 15 is 0 Å². The van der Waals surface area contributed by atoms with Gasteiger partial charge in [-0.25, -0.2) is 13.1 Å². The molecule has 5 nitrogen and oxygen atoms in total. The predicted octanol–water partition coefficient (Wildman–Crippen LogP) is 3.11. The van der Waals surface area contributed by atoms with E-state index in [1.54, 1.807) is 19.1 Å². The van der Waals surface area contributed by atoms with Crippen molar-refractivity contribution in [3.8, 4) is 11.5 Å². The Balaban J connectivity index is 1.91. The fourth-order valence-electron chi connectivity index (χ4n) is 2.87. The van der Waals surface area contributed by atoms with Gasteiger partial charge in [-0.3, -0.25) is 0 Å². The third-order valence-corrected chi connectivity index (χ3v) is 5.67. The highest BCUT2D eigenvalue weighted by molar-refractivity contribution is 7.89. The van der Waals surface area contributed by atoms with Gasteiger partial charge in [0.2, 0.25) is 10.0 Å². The topological polar surface area (TPSA) is 64.6 Å². The molecule has 0 aliphatic carbocycles. The van der Waals surface area contributed by atoms with Crippen molar-refractivity contribution in [2.24, 2.45) is 0 Å². The van der Waals surface area contributed by atoms with Gasteiger partial charge in [0, 0.05) is 5.56 Å². The highest BCUT2D eigenvalue weighted by Gasteiger charge is 2.29. The van der Waals surface area contributed by atoms with Gasteiger partial charge < -0.3 is 9.47 Å². The van der Waals surface area contributed by atoms with Crippen LogP contribution in [0.25, 0.3) is 0 Å². The van der Waals surface area contributed by atoms with Crippen LogP contribution in [0.5, 0.6) is 11.5 Å².